The first kappa shape index (κ1) is 19.3. The SMILES string of the molecule is COc1ccc(CCn2ccc3c(c(C)nc4nc(SC)nn43)c2=O)cc1OC. The first-order valence-electron chi connectivity index (χ1n) is 9.07. The Hall–Kier alpha value is -3.07. The number of aryl methyl sites for hydroxylation is 3. The second kappa shape index (κ2) is 7.75. The van der Waals surface area contributed by atoms with Crippen LogP contribution in [0.1, 0.15) is 11.3 Å². The van der Waals surface area contributed by atoms with Crippen molar-refractivity contribution in [3.8, 4) is 11.5 Å². The summed E-state index contributed by atoms with van der Waals surface area (Å²) in [6.07, 6.45) is 4.39. The number of methoxy groups -OCH3 is 2. The van der Waals surface area contributed by atoms with Crippen LogP contribution in [-0.4, -0.2) is 44.6 Å². The topological polar surface area (TPSA) is 83.5 Å². The van der Waals surface area contributed by atoms with Crippen molar-refractivity contribution >= 4 is 28.4 Å². The summed E-state index contributed by atoms with van der Waals surface area (Å²) in [5.74, 6) is 1.86. The molecule has 0 bridgehead atoms. The molecule has 8 nitrogen and oxygen atoms in total. The Bertz CT molecular complexity index is 1260. The van der Waals surface area contributed by atoms with Gasteiger partial charge in [-0.15, -0.1) is 5.10 Å². The van der Waals surface area contributed by atoms with Crippen LogP contribution in [0, 0.1) is 6.92 Å². The van der Waals surface area contributed by atoms with Gasteiger partial charge >= 0.3 is 0 Å². The third-order valence-electron chi connectivity index (χ3n) is 4.84. The summed E-state index contributed by atoms with van der Waals surface area (Å²) in [6.45, 7) is 2.37. The average molecular weight is 411 g/mol. The van der Waals surface area contributed by atoms with Crippen molar-refractivity contribution < 1.29 is 9.47 Å². The molecule has 0 spiro atoms. The third kappa shape index (κ3) is 3.42. The number of nitrogens with zero attached hydrogens (tertiary/aromatic N) is 5. The van der Waals surface area contributed by atoms with Crippen molar-refractivity contribution in [2.75, 3.05) is 20.5 Å². The van der Waals surface area contributed by atoms with Crippen LogP contribution >= 0.6 is 11.8 Å². The molecule has 0 N–H and O–H groups in total. The predicted octanol–water partition coefficient (Wildman–Crippen LogP) is 2.73. The van der Waals surface area contributed by atoms with E-state index >= 15 is 0 Å². The van der Waals surface area contributed by atoms with Gasteiger partial charge in [-0.1, -0.05) is 17.8 Å². The summed E-state index contributed by atoms with van der Waals surface area (Å²) in [4.78, 5) is 22.0. The first-order chi connectivity index (χ1) is 14.0. The normalized spacial score (nSPS) is 11.3. The van der Waals surface area contributed by atoms with Crippen molar-refractivity contribution in [2.45, 2.75) is 25.0 Å². The summed E-state index contributed by atoms with van der Waals surface area (Å²) in [5, 5.41) is 5.62. The number of ether oxygens (including phenoxy) is 2. The van der Waals surface area contributed by atoms with Crippen LogP contribution in [0.5, 0.6) is 11.5 Å². The lowest BCUT2D eigenvalue weighted by Gasteiger charge is -2.11. The van der Waals surface area contributed by atoms with Gasteiger partial charge in [-0.05, 0) is 43.4 Å². The maximum Gasteiger partial charge on any atom is 0.261 e. The zero-order valence-corrected chi connectivity index (χ0v) is 17.5. The van der Waals surface area contributed by atoms with Gasteiger partial charge < -0.3 is 14.0 Å². The standard InChI is InChI=1S/C20H21N5O3S/c1-12-17-14(25-19(21-12)22-20(23-25)29-4)8-10-24(18(17)26)9-7-13-5-6-15(27-2)16(11-13)28-3/h5-6,8,10-11H,7,9H2,1-4H3. The van der Waals surface area contributed by atoms with E-state index in [-0.39, 0.29) is 5.56 Å². The molecule has 1 aromatic carbocycles. The molecule has 150 valence electrons. The van der Waals surface area contributed by atoms with E-state index in [0.717, 1.165) is 5.56 Å². The van der Waals surface area contributed by atoms with E-state index in [1.165, 1.54) is 11.8 Å². The van der Waals surface area contributed by atoms with Crippen LogP contribution in [0.3, 0.4) is 0 Å². The van der Waals surface area contributed by atoms with Gasteiger partial charge in [0.2, 0.25) is 5.16 Å². The molecule has 0 aliphatic heterocycles. The molecule has 0 amide bonds. The summed E-state index contributed by atoms with van der Waals surface area (Å²) in [6, 6.07) is 7.67. The zero-order valence-electron chi connectivity index (χ0n) is 16.7. The first-order valence-corrected chi connectivity index (χ1v) is 10.3. The molecule has 0 radical (unpaired) electrons. The Morgan fingerprint density at radius 1 is 1.10 bits per heavy atom. The average Bonchev–Trinajstić information content (AvgIpc) is 3.15. The summed E-state index contributed by atoms with van der Waals surface area (Å²) in [5.41, 5.74) is 2.34. The second-order valence-corrected chi connectivity index (χ2v) is 7.29. The van der Waals surface area contributed by atoms with Gasteiger partial charge in [0, 0.05) is 12.7 Å². The van der Waals surface area contributed by atoms with E-state index < -0.39 is 0 Å². The molecular formula is C20H21N5O3S. The highest BCUT2D eigenvalue weighted by Gasteiger charge is 2.14. The van der Waals surface area contributed by atoms with Gasteiger partial charge in [0.05, 0.1) is 30.8 Å². The third-order valence-corrected chi connectivity index (χ3v) is 5.38. The fourth-order valence-electron chi connectivity index (χ4n) is 3.36. The Morgan fingerprint density at radius 2 is 1.90 bits per heavy atom. The van der Waals surface area contributed by atoms with Gasteiger partial charge in [-0.25, -0.2) is 4.98 Å². The van der Waals surface area contributed by atoms with Crippen molar-refractivity contribution in [1.29, 1.82) is 0 Å². The highest BCUT2D eigenvalue weighted by Crippen LogP contribution is 2.27. The van der Waals surface area contributed by atoms with E-state index in [2.05, 4.69) is 15.1 Å². The minimum atomic E-state index is -0.0870. The van der Waals surface area contributed by atoms with Gasteiger partial charge in [0.25, 0.3) is 11.3 Å². The highest BCUT2D eigenvalue weighted by atomic mass is 32.2. The van der Waals surface area contributed by atoms with E-state index in [0.29, 0.717) is 52.0 Å². The number of fused-ring (bicyclic) bond motifs is 3. The monoisotopic (exact) mass is 411 g/mol. The number of hydrogen-bond donors (Lipinski definition) is 0. The van der Waals surface area contributed by atoms with E-state index in [4.69, 9.17) is 9.47 Å². The number of aromatic nitrogens is 5. The molecule has 0 aliphatic carbocycles. The molecule has 4 aromatic rings. The molecule has 3 heterocycles. The largest absolute Gasteiger partial charge is 0.493 e. The van der Waals surface area contributed by atoms with Gasteiger partial charge in [-0.3, -0.25) is 4.79 Å². The summed E-state index contributed by atoms with van der Waals surface area (Å²) in [7, 11) is 3.22. The molecule has 3 aromatic heterocycles. The van der Waals surface area contributed by atoms with Crippen LogP contribution in [0.4, 0.5) is 0 Å². The van der Waals surface area contributed by atoms with E-state index in [9.17, 15) is 4.79 Å². The Kier molecular flexibility index (Phi) is 5.14. The predicted molar refractivity (Wildman–Crippen MR) is 112 cm³/mol. The second-order valence-electron chi connectivity index (χ2n) is 6.52. The summed E-state index contributed by atoms with van der Waals surface area (Å²) < 4.78 is 14.0. The number of benzene rings is 1. The van der Waals surface area contributed by atoms with Gasteiger partial charge in [0.15, 0.2) is 11.5 Å². The van der Waals surface area contributed by atoms with Crippen molar-refractivity contribution in [3.63, 3.8) is 0 Å². The van der Waals surface area contributed by atoms with Crippen molar-refractivity contribution in [3.05, 3.63) is 52.1 Å². The maximum absolute atomic E-state index is 13.1. The van der Waals surface area contributed by atoms with Crippen molar-refractivity contribution in [1.82, 2.24) is 24.1 Å². The molecule has 0 unspecified atom stereocenters. The molecule has 0 fully saturated rings. The minimum absolute atomic E-state index is 0.0870. The van der Waals surface area contributed by atoms with E-state index in [1.54, 1.807) is 29.5 Å². The van der Waals surface area contributed by atoms with Gasteiger partial charge in [-0.2, -0.15) is 9.50 Å². The van der Waals surface area contributed by atoms with Crippen LogP contribution in [0.15, 0.2) is 40.4 Å². The fourth-order valence-corrected chi connectivity index (χ4v) is 3.69. The minimum Gasteiger partial charge on any atom is -0.493 e. The highest BCUT2D eigenvalue weighted by molar-refractivity contribution is 7.98. The smallest absolute Gasteiger partial charge is 0.261 e. The number of hydrogen-bond acceptors (Lipinski definition) is 7. The number of thioether (sulfide) groups is 1. The Morgan fingerprint density at radius 3 is 2.62 bits per heavy atom. The molecule has 0 aliphatic rings. The van der Waals surface area contributed by atoms with Crippen LogP contribution in [0.2, 0.25) is 0 Å². The molecule has 9 heteroatoms. The maximum atomic E-state index is 13.1. The molecule has 0 saturated heterocycles. The quantitative estimate of drug-likeness (QED) is 0.451. The Labute approximate surface area is 171 Å². The summed E-state index contributed by atoms with van der Waals surface area (Å²) >= 11 is 1.44. The van der Waals surface area contributed by atoms with Crippen LogP contribution < -0.4 is 15.0 Å². The Balaban J connectivity index is 1.70. The zero-order chi connectivity index (χ0) is 20.5. The lowest BCUT2D eigenvalue weighted by Crippen LogP contribution is -2.22. The van der Waals surface area contributed by atoms with Crippen LogP contribution in [-0.2, 0) is 13.0 Å². The molecular weight excluding hydrogens is 390 g/mol. The van der Waals surface area contributed by atoms with Gasteiger partial charge in [0.1, 0.15) is 0 Å². The molecule has 4 rings (SSSR count). The molecule has 0 atom stereocenters. The lowest BCUT2D eigenvalue weighted by atomic mass is 10.1. The molecule has 29 heavy (non-hydrogen) atoms. The van der Waals surface area contributed by atoms with Crippen molar-refractivity contribution in [2.24, 2.45) is 0 Å². The fraction of sp³-hybridized carbons (Fsp3) is 0.300. The number of rotatable bonds is 6. The van der Waals surface area contributed by atoms with Crippen LogP contribution in [0.25, 0.3) is 16.7 Å². The molecule has 0 saturated carbocycles. The number of pyridine rings is 1. The lowest BCUT2D eigenvalue weighted by molar-refractivity contribution is 0.354. The van der Waals surface area contributed by atoms with E-state index in [1.807, 2.05) is 37.4 Å².